The van der Waals surface area contributed by atoms with E-state index in [9.17, 15) is 4.79 Å². The third kappa shape index (κ3) is 3.45. The second-order valence-electron chi connectivity index (χ2n) is 6.11. The third-order valence-corrected chi connectivity index (χ3v) is 3.95. The Bertz CT molecular complexity index is 900. The highest BCUT2D eigenvalue weighted by Crippen LogP contribution is 2.19. The number of nitrogens with zero attached hydrogens (tertiary/aromatic N) is 4. The molecule has 0 aliphatic carbocycles. The fraction of sp³-hybridized carbons (Fsp3) is 0.333. The molecule has 0 radical (unpaired) electrons. The maximum atomic E-state index is 12.5. The molecule has 0 bridgehead atoms. The van der Waals surface area contributed by atoms with Crippen molar-refractivity contribution in [2.45, 2.75) is 33.4 Å². The van der Waals surface area contributed by atoms with Crippen LogP contribution in [0.5, 0.6) is 5.88 Å². The number of nitrogens with one attached hydrogen (secondary N) is 1. The van der Waals surface area contributed by atoms with Gasteiger partial charge in [-0.15, -0.1) is 0 Å². The van der Waals surface area contributed by atoms with Crippen LogP contribution in [0.2, 0.25) is 0 Å². The van der Waals surface area contributed by atoms with Crippen molar-refractivity contribution in [2.24, 2.45) is 0 Å². The number of amides is 1. The van der Waals surface area contributed by atoms with Crippen LogP contribution in [-0.2, 0) is 6.54 Å². The Morgan fingerprint density at radius 1 is 1.32 bits per heavy atom. The molecule has 25 heavy (non-hydrogen) atoms. The summed E-state index contributed by atoms with van der Waals surface area (Å²) in [6.45, 7) is 6.32. The van der Waals surface area contributed by atoms with Crippen molar-refractivity contribution in [1.29, 1.82) is 0 Å². The predicted molar refractivity (Wildman–Crippen MR) is 94.6 cm³/mol. The van der Waals surface area contributed by atoms with Crippen LogP contribution in [0.3, 0.4) is 0 Å². The van der Waals surface area contributed by atoms with Gasteiger partial charge in [0.1, 0.15) is 0 Å². The van der Waals surface area contributed by atoms with E-state index < -0.39 is 0 Å². The first-order valence-corrected chi connectivity index (χ1v) is 8.11. The maximum absolute atomic E-state index is 12.5. The monoisotopic (exact) mass is 339 g/mol. The number of aromatic nitrogens is 4. The highest BCUT2D eigenvalue weighted by atomic mass is 16.5. The number of carbonyl (C=O) groups excluding carboxylic acids is 1. The SMILES string of the molecule is COc1ccc(CNC(=O)c2cc3cnn(C(C)C)c3nc2C)cn1. The first-order valence-electron chi connectivity index (χ1n) is 8.11. The molecule has 0 fully saturated rings. The van der Waals surface area contributed by atoms with Gasteiger partial charge in [-0.2, -0.15) is 5.10 Å². The van der Waals surface area contributed by atoms with Gasteiger partial charge in [-0.1, -0.05) is 6.07 Å². The zero-order valence-corrected chi connectivity index (χ0v) is 14.8. The summed E-state index contributed by atoms with van der Waals surface area (Å²) >= 11 is 0. The van der Waals surface area contributed by atoms with E-state index in [1.54, 1.807) is 25.6 Å². The van der Waals surface area contributed by atoms with Gasteiger partial charge in [0.2, 0.25) is 5.88 Å². The minimum absolute atomic E-state index is 0.167. The number of aryl methyl sites for hydroxylation is 1. The highest BCUT2D eigenvalue weighted by molar-refractivity contribution is 5.98. The smallest absolute Gasteiger partial charge is 0.253 e. The van der Waals surface area contributed by atoms with Crippen molar-refractivity contribution in [2.75, 3.05) is 7.11 Å². The number of fused-ring (bicyclic) bond motifs is 1. The van der Waals surface area contributed by atoms with Gasteiger partial charge in [-0.25, -0.2) is 14.6 Å². The molecule has 0 aromatic carbocycles. The first kappa shape index (κ1) is 16.9. The molecule has 3 aromatic rings. The van der Waals surface area contributed by atoms with Gasteiger partial charge in [0.05, 0.1) is 24.6 Å². The molecule has 3 aromatic heterocycles. The Hall–Kier alpha value is -2.96. The van der Waals surface area contributed by atoms with Gasteiger partial charge in [0, 0.05) is 30.2 Å². The molecule has 0 spiro atoms. The topological polar surface area (TPSA) is 81.9 Å². The molecule has 0 atom stereocenters. The van der Waals surface area contributed by atoms with Crippen molar-refractivity contribution in [3.8, 4) is 5.88 Å². The second kappa shape index (κ2) is 6.88. The summed E-state index contributed by atoms with van der Waals surface area (Å²) in [7, 11) is 1.57. The van der Waals surface area contributed by atoms with Crippen LogP contribution < -0.4 is 10.1 Å². The van der Waals surface area contributed by atoms with Gasteiger partial charge in [-0.3, -0.25) is 4.79 Å². The molecule has 0 aliphatic rings. The summed E-state index contributed by atoms with van der Waals surface area (Å²) in [6, 6.07) is 5.69. The van der Waals surface area contributed by atoms with Crippen LogP contribution in [0, 0.1) is 6.92 Å². The Morgan fingerprint density at radius 2 is 2.12 bits per heavy atom. The lowest BCUT2D eigenvalue weighted by Crippen LogP contribution is -2.24. The van der Waals surface area contributed by atoms with Gasteiger partial charge in [0.25, 0.3) is 5.91 Å². The predicted octanol–water partition coefficient (Wildman–Crippen LogP) is 2.65. The first-order chi connectivity index (χ1) is 12.0. The van der Waals surface area contributed by atoms with Gasteiger partial charge in [0.15, 0.2) is 5.65 Å². The zero-order chi connectivity index (χ0) is 18.0. The highest BCUT2D eigenvalue weighted by Gasteiger charge is 2.15. The molecule has 7 heteroatoms. The molecule has 7 nitrogen and oxygen atoms in total. The van der Waals surface area contributed by atoms with Crippen LogP contribution in [0.25, 0.3) is 11.0 Å². The lowest BCUT2D eigenvalue weighted by atomic mass is 10.1. The van der Waals surface area contributed by atoms with E-state index in [0.29, 0.717) is 23.7 Å². The van der Waals surface area contributed by atoms with Crippen molar-refractivity contribution < 1.29 is 9.53 Å². The lowest BCUT2D eigenvalue weighted by Gasteiger charge is -2.10. The summed E-state index contributed by atoms with van der Waals surface area (Å²) < 4.78 is 6.88. The number of hydrogen-bond acceptors (Lipinski definition) is 5. The fourth-order valence-corrected chi connectivity index (χ4v) is 2.59. The molecular weight excluding hydrogens is 318 g/mol. The summed E-state index contributed by atoms with van der Waals surface area (Å²) in [5.74, 6) is 0.378. The van der Waals surface area contributed by atoms with Crippen molar-refractivity contribution in [1.82, 2.24) is 25.1 Å². The average molecular weight is 339 g/mol. The quantitative estimate of drug-likeness (QED) is 0.773. The van der Waals surface area contributed by atoms with Gasteiger partial charge >= 0.3 is 0 Å². The molecule has 130 valence electrons. The van der Waals surface area contributed by atoms with Crippen LogP contribution in [0.15, 0.2) is 30.6 Å². The number of ether oxygens (including phenoxy) is 1. The minimum Gasteiger partial charge on any atom is -0.481 e. The molecule has 0 unspecified atom stereocenters. The molecule has 0 aliphatic heterocycles. The number of carbonyl (C=O) groups is 1. The zero-order valence-electron chi connectivity index (χ0n) is 14.8. The van der Waals surface area contributed by atoms with E-state index >= 15 is 0 Å². The third-order valence-electron chi connectivity index (χ3n) is 3.95. The van der Waals surface area contributed by atoms with E-state index in [4.69, 9.17) is 4.74 Å². The van der Waals surface area contributed by atoms with E-state index in [0.717, 1.165) is 16.6 Å². The summed E-state index contributed by atoms with van der Waals surface area (Å²) in [5, 5.41) is 8.11. The molecule has 1 amide bonds. The van der Waals surface area contributed by atoms with Gasteiger partial charge < -0.3 is 10.1 Å². The molecule has 0 saturated carbocycles. The Balaban J connectivity index is 1.78. The average Bonchev–Trinajstić information content (AvgIpc) is 3.02. The maximum Gasteiger partial charge on any atom is 0.253 e. The Labute approximate surface area is 146 Å². The summed E-state index contributed by atoms with van der Waals surface area (Å²) in [6.07, 6.45) is 3.42. The van der Waals surface area contributed by atoms with Crippen molar-refractivity contribution in [3.05, 3.63) is 47.4 Å². The van der Waals surface area contributed by atoms with Crippen LogP contribution in [0.4, 0.5) is 0 Å². The standard InChI is InChI=1S/C18H21N5O2/c1-11(2)23-17-14(10-21-23)7-15(12(3)22-17)18(24)20-9-13-5-6-16(25-4)19-8-13/h5-8,10-11H,9H2,1-4H3,(H,20,24). The molecule has 1 N–H and O–H groups in total. The van der Waals surface area contributed by atoms with Gasteiger partial charge in [-0.05, 0) is 32.4 Å². The summed E-state index contributed by atoms with van der Waals surface area (Å²) in [4.78, 5) is 21.2. The number of rotatable bonds is 5. The molecule has 3 heterocycles. The van der Waals surface area contributed by atoms with Crippen LogP contribution in [-0.4, -0.2) is 32.8 Å². The molecule has 0 saturated heterocycles. The fourth-order valence-electron chi connectivity index (χ4n) is 2.59. The largest absolute Gasteiger partial charge is 0.481 e. The second-order valence-corrected chi connectivity index (χ2v) is 6.11. The molecular formula is C18H21N5O2. The van der Waals surface area contributed by atoms with Crippen LogP contribution in [0.1, 0.15) is 41.5 Å². The summed E-state index contributed by atoms with van der Waals surface area (Å²) in [5.41, 5.74) is 2.93. The number of methoxy groups -OCH3 is 1. The normalized spacial score (nSPS) is 11.1. The number of pyridine rings is 2. The van der Waals surface area contributed by atoms with E-state index in [1.165, 1.54) is 0 Å². The number of hydrogen-bond donors (Lipinski definition) is 1. The van der Waals surface area contributed by atoms with E-state index in [2.05, 4.69) is 20.4 Å². The lowest BCUT2D eigenvalue weighted by molar-refractivity contribution is 0.0950. The van der Waals surface area contributed by atoms with Crippen molar-refractivity contribution >= 4 is 16.9 Å². The Kier molecular flexibility index (Phi) is 4.65. The van der Waals surface area contributed by atoms with Crippen LogP contribution >= 0.6 is 0 Å². The Morgan fingerprint density at radius 3 is 2.76 bits per heavy atom. The molecule has 3 rings (SSSR count). The van der Waals surface area contributed by atoms with E-state index in [1.807, 2.05) is 37.6 Å². The van der Waals surface area contributed by atoms with E-state index in [-0.39, 0.29) is 11.9 Å². The van der Waals surface area contributed by atoms with Crippen molar-refractivity contribution in [3.63, 3.8) is 0 Å². The minimum atomic E-state index is -0.167.